The molecule has 0 saturated heterocycles. The minimum Gasteiger partial charge on any atom is -0.473 e. The third-order valence-corrected chi connectivity index (χ3v) is 6.31. The molecule has 0 radical (unpaired) electrons. The lowest BCUT2D eigenvalue weighted by atomic mass is 9.93. The number of carbonyl (C=O) groups is 1. The van der Waals surface area contributed by atoms with Crippen LogP contribution in [0.15, 0.2) is 42.6 Å². The highest BCUT2D eigenvalue weighted by molar-refractivity contribution is 5.83. The third kappa shape index (κ3) is 6.28. The van der Waals surface area contributed by atoms with Crippen molar-refractivity contribution in [3.05, 3.63) is 82.6 Å². The van der Waals surface area contributed by atoms with Crippen molar-refractivity contribution >= 4 is 11.5 Å². The number of nitrogens with zero attached hydrogens (tertiary/aromatic N) is 3. The zero-order valence-corrected chi connectivity index (χ0v) is 22.0. The molecule has 0 bridgehead atoms. The Morgan fingerprint density at radius 2 is 1.73 bits per heavy atom. The summed E-state index contributed by atoms with van der Waals surface area (Å²) < 4.78 is 92.5. The van der Waals surface area contributed by atoms with E-state index in [1.165, 1.54) is 23.6 Å². The molecule has 0 amide bonds. The molecule has 0 fully saturated rings. The van der Waals surface area contributed by atoms with E-state index in [9.17, 15) is 26.7 Å². The first-order valence-corrected chi connectivity index (χ1v) is 12.1. The molecular formula is C27H25F6N5O3. The van der Waals surface area contributed by atoms with Crippen molar-refractivity contribution in [1.29, 1.82) is 0 Å². The maximum Gasteiger partial charge on any atom is 0.490 e. The summed E-state index contributed by atoms with van der Waals surface area (Å²) in [7, 11) is 0. The van der Waals surface area contributed by atoms with E-state index < -0.39 is 48.0 Å². The molecule has 3 heterocycles. The van der Waals surface area contributed by atoms with Gasteiger partial charge in [0.25, 0.3) is 0 Å². The van der Waals surface area contributed by atoms with Gasteiger partial charge in [0.2, 0.25) is 5.88 Å². The number of fused-ring (bicyclic) bond motifs is 1. The van der Waals surface area contributed by atoms with Crippen LogP contribution in [0.4, 0.5) is 26.3 Å². The summed E-state index contributed by atoms with van der Waals surface area (Å²) in [6.45, 7) is 4.17. The largest absolute Gasteiger partial charge is 0.490 e. The Morgan fingerprint density at radius 1 is 1.07 bits per heavy atom. The molecule has 0 aliphatic heterocycles. The first kappa shape index (κ1) is 29.8. The monoisotopic (exact) mass is 581 g/mol. The van der Waals surface area contributed by atoms with Gasteiger partial charge in [-0.1, -0.05) is 6.07 Å². The van der Waals surface area contributed by atoms with Gasteiger partial charge in [0.15, 0.2) is 6.23 Å². The zero-order valence-electron chi connectivity index (χ0n) is 22.0. The summed E-state index contributed by atoms with van der Waals surface area (Å²) in [6, 6.07) is 8.07. The smallest absolute Gasteiger partial charge is 0.473 e. The van der Waals surface area contributed by atoms with Gasteiger partial charge >= 0.3 is 12.1 Å². The zero-order chi connectivity index (χ0) is 30.3. The highest BCUT2D eigenvalue weighted by atomic mass is 19.4. The Balaban J connectivity index is 1.68. The predicted octanol–water partition coefficient (Wildman–Crippen LogP) is 4.66. The number of pyridine rings is 2. The Kier molecular flexibility index (Phi) is 8.00. The topological polar surface area (TPSA) is 118 Å². The molecule has 1 aromatic carbocycles. The number of hydrogen-bond acceptors (Lipinski definition) is 7. The Hall–Kier alpha value is -4.17. The molecule has 4 rings (SSSR count). The Labute approximate surface area is 229 Å². The fraction of sp³-hybridized carbons (Fsp3) is 0.296. The summed E-state index contributed by atoms with van der Waals surface area (Å²) in [6.07, 6.45) is -6.50. The molecule has 4 aromatic rings. The normalized spacial score (nSPS) is 14.1. The number of ether oxygens (including phenoxy) is 2. The number of hydrogen-bond donors (Lipinski definition) is 2. The summed E-state index contributed by atoms with van der Waals surface area (Å²) >= 11 is 0. The summed E-state index contributed by atoms with van der Waals surface area (Å²) in [5.74, 6) is -4.66. The van der Waals surface area contributed by atoms with Gasteiger partial charge in [-0.3, -0.25) is 10.7 Å². The van der Waals surface area contributed by atoms with E-state index in [0.717, 1.165) is 18.3 Å². The number of esters is 1. The van der Waals surface area contributed by atoms with Crippen molar-refractivity contribution in [2.45, 2.75) is 51.7 Å². The molecule has 4 N–H and O–H groups in total. The second-order valence-electron chi connectivity index (χ2n) is 9.78. The van der Waals surface area contributed by atoms with Crippen LogP contribution in [0.25, 0.3) is 16.6 Å². The molecule has 3 aromatic heterocycles. The lowest BCUT2D eigenvalue weighted by Crippen LogP contribution is -2.57. The van der Waals surface area contributed by atoms with E-state index in [4.69, 9.17) is 16.2 Å². The number of aryl methyl sites for hydroxylation is 2. The fourth-order valence-electron chi connectivity index (χ4n) is 4.19. The molecule has 218 valence electrons. The number of halogens is 6. The van der Waals surface area contributed by atoms with E-state index in [2.05, 4.69) is 14.8 Å². The van der Waals surface area contributed by atoms with Gasteiger partial charge in [-0.15, -0.1) is 0 Å². The molecule has 0 spiro atoms. The van der Waals surface area contributed by atoms with Crippen molar-refractivity contribution in [1.82, 2.24) is 14.6 Å². The minimum atomic E-state index is -5.26. The van der Waals surface area contributed by atoms with Crippen molar-refractivity contribution in [3.63, 3.8) is 0 Å². The molecule has 0 aliphatic rings. The van der Waals surface area contributed by atoms with Crippen molar-refractivity contribution in [3.8, 4) is 17.0 Å². The summed E-state index contributed by atoms with van der Waals surface area (Å²) in [5, 5.41) is 4.43. The second kappa shape index (κ2) is 11.0. The average molecular weight is 582 g/mol. The van der Waals surface area contributed by atoms with Gasteiger partial charge in [0.1, 0.15) is 24.1 Å². The Morgan fingerprint density at radius 3 is 2.37 bits per heavy atom. The standard InChI is InChI=1S/C27H25F6N5O3/c1-13-7-21-23(14(2)37-38(21)22(8-13)40-12-17-18(28)5-4-6-19(17)29)16-9-15(36-11-20(16)30)10-26(3,35)24(34)41-25(39)27(31,32)33/h4-9,11,24H,10,12,34-35H2,1-3H3. The minimum absolute atomic E-state index is 0.0378. The lowest BCUT2D eigenvalue weighted by Gasteiger charge is -2.30. The summed E-state index contributed by atoms with van der Waals surface area (Å²) in [4.78, 5) is 15.2. The predicted molar refractivity (Wildman–Crippen MR) is 135 cm³/mol. The number of benzene rings is 1. The van der Waals surface area contributed by atoms with Gasteiger partial charge in [-0.2, -0.15) is 18.3 Å². The number of rotatable bonds is 8. The third-order valence-electron chi connectivity index (χ3n) is 6.31. The van der Waals surface area contributed by atoms with Gasteiger partial charge < -0.3 is 15.2 Å². The number of alkyl halides is 3. The van der Waals surface area contributed by atoms with E-state index >= 15 is 4.39 Å². The lowest BCUT2D eigenvalue weighted by molar-refractivity contribution is -0.207. The first-order chi connectivity index (χ1) is 19.1. The van der Waals surface area contributed by atoms with Crippen LogP contribution in [-0.2, 0) is 22.6 Å². The quantitative estimate of drug-likeness (QED) is 0.177. The molecule has 0 saturated carbocycles. The SMILES string of the molecule is Cc1cc(OCc2c(F)cccc2F)n2nc(C)c(-c3cc(CC(C)(N)C(N)OC(=O)C(F)(F)F)ncc3F)c2c1. The highest BCUT2D eigenvalue weighted by Gasteiger charge is 2.44. The molecule has 0 aliphatic carbocycles. The Bertz CT molecular complexity index is 1600. The van der Waals surface area contributed by atoms with Gasteiger partial charge in [-0.05, 0) is 50.6 Å². The first-order valence-electron chi connectivity index (χ1n) is 12.1. The molecular weight excluding hydrogens is 556 g/mol. The number of nitrogens with two attached hydrogens (primary N) is 2. The van der Waals surface area contributed by atoms with Gasteiger partial charge in [-0.25, -0.2) is 22.5 Å². The van der Waals surface area contributed by atoms with Crippen molar-refractivity contribution in [2.24, 2.45) is 11.5 Å². The van der Waals surface area contributed by atoms with Crippen LogP contribution >= 0.6 is 0 Å². The maximum absolute atomic E-state index is 15.1. The van der Waals surface area contributed by atoms with E-state index in [0.29, 0.717) is 22.3 Å². The van der Waals surface area contributed by atoms with Crippen molar-refractivity contribution in [2.75, 3.05) is 0 Å². The number of aromatic nitrogens is 3. The fourth-order valence-corrected chi connectivity index (χ4v) is 4.19. The number of carbonyl (C=O) groups excluding carboxylic acids is 1. The molecule has 41 heavy (non-hydrogen) atoms. The van der Waals surface area contributed by atoms with Crippen LogP contribution in [0.5, 0.6) is 5.88 Å². The van der Waals surface area contributed by atoms with Crippen LogP contribution in [-0.4, -0.2) is 38.5 Å². The van der Waals surface area contributed by atoms with Crippen LogP contribution in [0, 0.1) is 31.3 Å². The molecule has 2 atom stereocenters. The van der Waals surface area contributed by atoms with Crippen LogP contribution < -0.4 is 16.2 Å². The van der Waals surface area contributed by atoms with Crippen LogP contribution in [0.3, 0.4) is 0 Å². The molecule has 2 unspecified atom stereocenters. The second-order valence-corrected chi connectivity index (χ2v) is 9.78. The van der Waals surface area contributed by atoms with Crippen molar-refractivity contribution < 1.29 is 40.6 Å². The van der Waals surface area contributed by atoms with E-state index in [1.54, 1.807) is 26.0 Å². The van der Waals surface area contributed by atoms with Crippen LogP contribution in [0.1, 0.15) is 29.4 Å². The van der Waals surface area contributed by atoms with Gasteiger partial charge in [0.05, 0.1) is 28.5 Å². The molecule has 14 heteroatoms. The highest BCUT2D eigenvalue weighted by Crippen LogP contribution is 2.34. The van der Waals surface area contributed by atoms with Gasteiger partial charge in [0, 0.05) is 29.3 Å². The average Bonchev–Trinajstić information content (AvgIpc) is 3.19. The maximum atomic E-state index is 15.1. The molecule has 8 nitrogen and oxygen atoms in total. The van der Waals surface area contributed by atoms with E-state index in [1.807, 2.05) is 0 Å². The van der Waals surface area contributed by atoms with Crippen LogP contribution in [0.2, 0.25) is 0 Å². The van der Waals surface area contributed by atoms with E-state index in [-0.39, 0.29) is 29.1 Å². The summed E-state index contributed by atoms with van der Waals surface area (Å²) in [5.41, 5.74) is 11.7.